The van der Waals surface area contributed by atoms with Crippen LogP contribution in [-0.2, 0) is 4.74 Å². The molecule has 1 N–H and O–H groups in total. The molecular weight excluding hydrogens is 194 g/mol. The summed E-state index contributed by atoms with van der Waals surface area (Å²) in [4.78, 5) is 0. The summed E-state index contributed by atoms with van der Waals surface area (Å²) in [5, 5.41) is 4.36. The Kier molecular flexibility index (Phi) is 5.90. The molecule has 0 saturated carbocycles. The fourth-order valence-corrected chi connectivity index (χ4v) is 2.03. The summed E-state index contributed by atoms with van der Waals surface area (Å²) in [7, 11) is 0. The number of hydrogen-bond donors (Lipinski definition) is 1. The smallest absolute Gasteiger partial charge is 0.0587 e. The molecule has 0 bridgehead atoms. The number of rotatable bonds is 5. The van der Waals surface area contributed by atoms with E-state index < -0.39 is 0 Å². The van der Waals surface area contributed by atoms with Gasteiger partial charge in [-0.2, -0.15) is 11.8 Å². The maximum atomic E-state index is 5.65. The highest BCUT2D eigenvalue weighted by molar-refractivity contribution is 7.99. The molecule has 0 amide bonds. The van der Waals surface area contributed by atoms with E-state index in [0.29, 0.717) is 12.1 Å². The van der Waals surface area contributed by atoms with Crippen LogP contribution in [0.15, 0.2) is 0 Å². The normalized spacial score (nSPS) is 30.2. The molecule has 3 heteroatoms. The maximum absolute atomic E-state index is 5.65. The van der Waals surface area contributed by atoms with Gasteiger partial charge in [0.15, 0.2) is 0 Å². The molecule has 0 radical (unpaired) electrons. The van der Waals surface area contributed by atoms with Gasteiger partial charge in [-0.05, 0) is 25.5 Å². The molecule has 1 heterocycles. The van der Waals surface area contributed by atoms with Gasteiger partial charge in [-0.25, -0.2) is 0 Å². The molecule has 0 spiro atoms. The van der Waals surface area contributed by atoms with E-state index in [1.165, 1.54) is 12.8 Å². The molecule has 1 aliphatic heterocycles. The zero-order valence-corrected chi connectivity index (χ0v) is 10.4. The Hall–Kier alpha value is 0.270. The van der Waals surface area contributed by atoms with Crippen molar-refractivity contribution in [2.24, 2.45) is 0 Å². The fourth-order valence-electron chi connectivity index (χ4n) is 1.77. The third kappa shape index (κ3) is 4.20. The molecule has 0 aromatic rings. The minimum absolute atomic E-state index is 0.492. The molecule has 3 unspecified atom stereocenters. The Morgan fingerprint density at radius 2 is 2.36 bits per heavy atom. The fraction of sp³-hybridized carbons (Fsp3) is 1.00. The van der Waals surface area contributed by atoms with Crippen molar-refractivity contribution in [3.63, 3.8) is 0 Å². The zero-order chi connectivity index (χ0) is 10.4. The summed E-state index contributed by atoms with van der Waals surface area (Å²) < 4.78 is 5.65. The Labute approximate surface area is 92.2 Å². The van der Waals surface area contributed by atoms with E-state index in [1.807, 2.05) is 11.8 Å². The van der Waals surface area contributed by atoms with Gasteiger partial charge < -0.3 is 10.1 Å². The van der Waals surface area contributed by atoms with Gasteiger partial charge in [-0.1, -0.05) is 13.8 Å². The van der Waals surface area contributed by atoms with Crippen LogP contribution in [0.4, 0.5) is 0 Å². The number of nitrogens with one attached hydrogen (secondary N) is 1. The molecule has 2 nitrogen and oxygen atoms in total. The van der Waals surface area contributed by atoms with Gasteiger partial charge in [0.1, 0.15) is 0 Å². The van der Waals surface area contributed by atoms with E-state index >= 15 is 0 Å². The molecular formula is C11H23NOS. The Bertz CT molecular complexity index is 154. The lowest BCUT2D eigenvalue weighted by atomic mass is 10.0. The second-order valence-corrected chi connectivity index (χ2v) is 5.35. The van der Waals surface area contributed by atoms with Crippen LogP contribution in [0, 0.1) is 0 Å². The van der Waals surface area contributed by atoms with Crippen LogP contribution in [0.1, 0.15) is 33.1 Å². The molecule has 0 aliphatic carbocycles. The highest BCUT2D eigenvalue weighted by Crippen LogP contribution is 2.16. The second kappa shape index (κ2) is 6.70. The SMILES string of the molecule is CCC1CC(NCC(C)SC)CCO1. The van der Waals surface area contributed by atoms with Crippen LogP contribution in [0.2, 0.25) is 0 Å². The predicted molar refractivity (Wildman–Crippen MR) is 64.0 cm³/mol. The molecule has 0 aromatic carbocycles. The van der Waals surface area contributed by atoms with Crippen molar-refractivity contribution < 1.29 is 4.74 Å². The van der Waals surface area contributed by atoms with Crippen molar-refractivity contribution in [3.05, 3.63) is 0 Å². The molecule has 3 atom stereocenters. The summed E-state index contributed by atoms with van der Waals surface area (Å²) in [6, 6.07) is 0.684. The second-order valence-electron chi connectivity index (χ2n) is 4.08. The molecule has 0 aromatic heterocycles. The van der Waals surface area contributed by atoms with Crippen LogP contribution in [0.3, 0.4) is 0 Å². The first-order valence-electron chi connectivity index (χ1n) is 5.64. The van der Waals surface area contributed by atoms with Crippen molar-refractivity contribution in [1.82, 2.24) is 5.32 Å². The first-order valence-corrected chi connectivity index (χ1v) is 6.92. The summed E-state index contributed by atoms with van der Waals surface area (Å²) in [6.07, 6.45) is 6.18. The van der Waals surface area contributed by atoms with Crippen LogP contribution < -0.4 is 5.32 Å². The average molecular weight is 217 g/mol. The number of thioether (sulfide) groups is 1. The van der Waals surface area contributed by atoms with Crippen LogP contribution in [0.5, 0.6) is 0 Å². The standard InChI is InChI=1S/C11H23NOS/c1-4-11-7-10(5-6-13-11)12-8-9(2)14-3/h9-12H,4-8H2,1-3H3. The zero-order valence-electron chi connectivity index (χ0n) is 9.58. The minimum atomic E-state index is 0.492. The monoisotopic (exact) mass is 217 g/mol. The quantitative estimate of drug-likeness (QED) is 0.763. The number of hydrogen-bond acceptors (Lipinski definition) is 3. The lowest BCUT2D eigenvalue weighted by Crippen LogP contribution is -2.41. The first kappa shape index (κ1) is 12.3. The first-order chi connectivity index (χ1) is 6.76. The highest BCUT2D eigenvalue weighted by Gasteiger charge is 2.20. The predicted octanol–water partition coefficient (Wildman–Crippen LogP) is 2.29. The van der Waals surface area contributed by atoms with E-state index in [1.54, 1.807) is 0 Å². The summed E-state index contributed by atoms with van der Waals surface area (Å²) in [6.45, 7) is 6.54. The Balaban J connectivity index is 2.17. The van der Waals surface area contributed by atoms with Gasteiger partial charge >= 0.3 is 0 Å². The molecule has 1 rings (SSSR count). The van der Waals surface area contributed by atoms with E-state index in [9.17, 15) is 0 Å². The van der Waals surface area contributed by atoms with Gasteiger partial charge in [0, 0.05) is 24.4 Å². The average Bonchev–Trinajstić information content (AvgIpc) is 2.26. The summed E-state index contributed by atoms with van der Waals surface area (Å²) in [5.74, 6) is 0. The van der Waals surface area contributed by atoms with Crippen molar-refractivity contribution in [3.8, 4) is 0 Å². The molecule has 1 fully saturated rings. The van der Waals surface area contributed by atoms with E-state index in [0.717, 1.165) is 24.8 Å². The van der Waals surface area contributed by atoms with Gasteiger partial charge in [-0.15, -0.1) is 0 Å². The van der Waals surface area contributed by atoms with Gasteiger partial charge in [0.05, 0.1) is 6.10 Å². The third-order valence-electron chi connectivity index (χ3n) is 2.92. The van der Waals surface area contributed by atoms with Crippen molar-refractivity contribution in [1.29, 1.82) is 0 Å². The molecule has 84 valence electrons. The van der Waals surface area contributed by atoms with Crippen LogP contribution >= 0.6 is 11.8 Å². The highest BCUT2D eigenvalue weighted by atomic mass is 32.2. The van der Waals surface area contributed by atoms with E-state index in [4.69, 9.17) is 4.74 Å². The van der Waals surface area contributed by atoms with Crippen molar-refractivity contribution in [2.45, 2.75) is 50.5 Å². The largest absolute Gasteiger partial charge is 0.378 e. The lowest BCUT2D eigenvalue weighted by molar-refractivity contribution is 0.000129. The maximum Gasteiger partial charge on any atom is 0.0587 e. The third-order valence-corrected chi connectivity index (χ3v) is 3.89. The molecule has 1 saturated heterocycles. The van der Waals surface area contributed by atoms with Crippen LogP contribution in [-0.4, -0.2) is 36.8 Å². The van der Waals surface area contributed by atoms with Gasteiger partial charge in [-0.3, -0.25) is 0 Å². The number of ether oxygens (including phenoxy) is 1. The van der Waals surface area contributed by atoms with Gasteiger partial charge in [0.2, 0.25) is 0 Å². The molecule has 1 aliphatic rings. The Morgan fingerprint density at radius 3 is 3.00 bits per heavy atom. The topological polar surface area (TPSA) is 21.3 Å². The van der Waals surface area contributed by atoms with E-state index in [2.05, 4.69) is 25.4 Å². The van der Waals surface area contributed by atoms with Crippen molar-refractivity contribution >= 4 is 11.8 Å². The summed E-state index contributed by atoms with van der Waals surface area (Å²) >= 11 is 1.93. The van der Waals surface area contributed by atoms with Gasteiger partial charge in [0.25, 0.3) is 0 Å². The molecule has 14 heavy (non-hydrogen) atoms. The minimum Gasteiger partial charge on any atom is -0.378 e. The Morgan fingerprint density at radius 1 is 1.57 bits per heavy atom. The lowest BCUT2D eigenvalue weighted by Gasteiger charge is -2.30. The van der Waals surface area contributed by atoms with Crippen LogP contribution in [0.25, 0.3) is 0 Å². The summed E-state index contributed by atoms with van der Waals surface area (Å²) in [5.41, 5.74) is 0. The van der Waals surface area contributed by atoms with Crippen molar-refractivity contribution in [2.75, 3.05) is 19.4 Å². The van der Waals surface area contributed by atoms with E-state index in [-0.39, 0.29) is 0 Å².